The summed E-state index contributed by atoms with van der Waals surface area (Å²) < 4.78 is 24.0. The fourth-order valence-electron chi connectivity index (χ4n) is 4.46. The fraction of sp³-hybridized carbons (Fsp3) is 0.280. The van der Waals surface area contributed by atoms with E-state index >= 15 is 0 Å². The first-order valence-corrected chi connectivity index (χ1v) is 10.8. The molecule has 0 bridgehead atoms. The maximum absolute atomic E-state index is 13.4. The number of methoxy groups -OCH3 is 1. The number of benzene rings is 2. The molecule has 176 valence electrons. The molecular formula is C25H23FN2O6. The molecule has 0 unspecified atom stereocenters. The molecular weight excluding hydrogens is 443 g/mol. The Hall–Kier alpha value is -4.01. The van der Waals surface area contributed by atoms with Crippen LogP contribution in [0.2, 0.25) is 0 Å². The summed E-state index contributed by atoms with van der Waals surface area (Å²) >= 11 is 0. The summed E-state index contributed by atoms with van der Waals surface area (Å²) in [6.07, 6.45) is 1.66. The van der Waals surface area contributed by atoms with Crippen molar-refractivity contribution >= 4 is 17.4 Å². The molecule has 1 atom stereocenters. The van der Waals surface area contributed by atoms with Gasteiger partial charge in [0.1, 0.15) is 12.4 Å². The van der Waals surface area contributed by atoms with E-state index in [2.05, 4.69) is 5.32 Å². The summed E-state index contributed by atoms with van der Waals surface area (Å²) in [4.78, 5) is 36.8. The number of esters is 1. The Morgan fingerprint density at radius 1 is 1.24 bits per heavy atom. The molecule has 0 amide bonds. The van der Waals surface area contributed by atoms with Crippen molar-refractivity contribution in [1.82, 2.24) is 5.32 Å². The van der Waals surface area contributed by atoms with Crippen molar-refractivity contribution in [2.45, 2.75) is 38.7 Å². The minimum atomic E-state index is -0.799. The predicted octanol–water partition coefficient (Wildman–Crippen LogP) is 4.45. The zero-order valence-corrected chi connectivity index (χ0v) is 18.7. The van der Waals surface area contributed by atoms with Crippen LogP contribution in [0.1, 0.15) is 43.2 Å². The molecule has 1 N–H and O–H groups in total. The molecule has 0 spiro atoms. The van der Waals surface area contributed by atoms with Gasteiger partial charge in [-0.15, -0.1) is 0 Å². The number of carbonyl (C=O) groups is 2. The molecule has 1 aliphatic carbocycles. The number of dihydropyridines is 1. The number of rotatable bonds is 6. The molecule has 9 heteroatoms. The number of hydrogen-bond acceptors (Lipinski definition) is 7. The molecule has 0 fully saturated rings. The van der Waals surface area contributed by atoms with Crippen molar-refractivity contribution in [3.63, 3.8) is 0 Å². The van der Waals surface area contributed by atoms with Gasteiger partial charge in [-0.05, 0) is 49.1 Å². The number of Topliss-reactive ketones (excluding diaryl/α,β-unsaturated/α-hetero) is 1. The lowest BCUT2D eigenvalue weighted by Gasteiger charge is -2.34. The largest absolute Gasteiger partial charge is 0.482 e. The molecule has 0 radical (unpaired) electrons. The number of carbonyl (C=O) groups excluding carboxylic acids is 2. The van der Waals surface area contributed by atoms with E-state index in [1.807, 2.05) is 0 Å². The maximum atomic E-state index is 13.4. The SMILES string of the molecule is COC(=O)C1=C(C)NC2=C(C(=O)CCC2)[C@@H]1c1ccc(OCc2cccc(F)c2)c([N+](=O)[O-])c1. The normalized spacial score (nSPS) is 17.7. The molecule has 0 aromatic heterocycles. The van der Waals surface area contributed by atoms with E-state index in [0.717, 1.165) is 5.70 Å². The highest BCUT2D eigenvalue weighted by atomic mass is 19.1. The summed E-state index contributed by atoms with van der Waals surface area (Å²) in [5.74, 6) is -1.96. The predicted molar refractivity (Wildman–Crippen MR) is 120 cm³/mol. The van der Waals surface area contributed by atoms with Crippen LogP contribution < -0.4 is 10.1 Å². The third-order valence-corrected chi connectivity index (χ3v) is 5.98. The van der Waals surface area contributed by atoms with Crippen LogP contribution in [0.4, 0.5) is 10.1 Å². The zero-order chi connectivity index (χ0) is 24.4. The molecule has 2 aliphatic rings. The van der Waals surface area contributed by atoms with Gasteiger partial charge in [-0.3, -0.25) is 14.9 Å². The van der Waals surface area contributed by atoms with Crippen molar-refractivity contribution in [2.24, 2.45) is 0 Å². The number of nitrogens with zero attached hydrogens (tertiary/aromatic N) is 1. The molecule has 0 saturated carbocycles. The lowest BCUT2D eigenvalue weighted by atomic mass is 9.75. The number of ether oxygens (including phenoxy) is 2. The van der Waals surface area contributed by atoms with Crippen molar-refractivity contribution in [3.05, 3.63) is 92.1 Å². The van der Waals surface area contributed by atoms with Gasteiger partial charge in [0.25, 0.3) is 0 Å². The number of halogens is 1. The van der Waals surface area contributed by atoms with Crippen LogP contribution >= 0.6 is 0 Å². The monoisotopic (exact) mass is 466 g/mol. The van der Waals surface area contributed by atoms with Gasteiger partial charge in [0.05, 0.1) is 17.6 Å². The molecule has 34 heavy (non-hydrogen) atoms. The number of nitro benzene ring substituents is 1. The first-order valence-electron chi connectivity index (χ1n) is 10.8. The highest BCUT2D eigenvalue weighted by Gasteiger charge is 2.39. The van der Waals surface area contributed by atoms with Crippen molar-refractivity contribution in [1.29, 1.82) is 0 Å². The van der Waals surface area contributed by atoms with Crippen molar-refractivity contribution in [2.75, 3.05) is 7.11 Å². The zero-order valence-electron chi connectivity index (χ0n) is 18.7. The second-order valence-corrected chi connectivity index (χ2v) is 8.16. The Balaban J connectivity index is 1.76. The number of nitro groups is 1. The second-order valence-electron chi connectivity index (χ2n) is 8.16. The standard InChI is InChI=1S/C25H23FN2O6/c1-14-22(25(30)33-2)23(24-18(27-14)7-4-8-20(24)29)16-9-10-21(19(12-16)28(31)32)34-13-15-5-3-6-17(26)11-15/h3,5-6,9-12,23,27H,4,7-8,13H2,1-2H3/t23-/m1/s1. The summed E-state index contributed by atoms with van der Waals surface area (Å²) in [6.45, 7) is 1.65. The van der Waals surface area contributed by atoms with Gasteiger partial charge in [-0.1, -0.05) is 18.2 Å². The Labute approximate surface area is 195 Å². The topological polar surface area (TPSA) is 108 Å². The lowest BCUT2D eigenvalue weighted by Crippen LogP contribution is -2.34. The van der Waals surface area contributed by atoms with E-state index in [1.54, 1.807) is 19.1 Å². The molecule has 8 nitrogen and oxygen atoms in total. The highest BCUT2D eigenvalue weighted by Crippen LogP contribution is 2.44. The smallest absolute Gasteiger partial charge is 0.336 e. The van der Waals surface area contributed by atoms with Crippen molar-refractivity contribution < 1.29 is 28.4 Å². The number of ketones is 1. The van der Waals surface area contributed by atoms with Gasteiger partial charge in [-0.2, -0.15) is 0 Å². The van der Waals surface area contributed by atoms with Gasteiger partial charge in [0.15, 0.2) is 11.5 Å². The maximum Gasteiger partial charge on any atom is 0.336 e. The minimum absolute atomic E-state index is 0.00330. The summed E-state index contributed by atoms with van der Waals surface area (Å²) in [5.41, 5.74) is 2.54. The van der Waals surface area contributed by atoms with Crippen LogP contribution in [0.3, 0.4) is 0 Å². The molecule has 2 aromatic rings. The van der Waals surface area contributed by atoms with Crippen LogP contribution in [-0.2, 0) is 20.9 Å². The number of hydrogen-bond donors (Lipinski definition) is 1. The van der Waals surface area contributed by atoms with E-state index in [9.17, 15) is 24.1 Å². The Morgan fingerprint density at radius 3 is 2.74 bits per heavy atom. The van der Waals surface area contributed by atoms with Gasteiger partial charge >= 0.3 is 11.7 Å². The first kappa shape index (κ1) is 23.2. The van der Waals surface area contributed by atoms with E-state index in [-0.39, 0.29) is 29.4 Å². The first-order chi connectivity index (χ1) is 16.3. The Kier molecular flexibility index (Phi) is 6.45. The average molecular weight is 466 g/mol. The van der Waals surface area contributed by atoms with E-state index in [4.69, 9.17) is 9.47 Å². The second kappa shape index (κ2) is 9.46. The summed E-state index contributed by atoms with van der Waals surface area (Å²) in [6, 6.07) is 10.1. The lowest BCUT2D eigenvalue weighted by molar-refractivity contribution is -0.386. The number of allylic oxidation sites excluding steroid dienone is 3. The average Bonchev–Trinajstić information content (AvgIpc) is 2.81. The van der Waals surface area contributed by atoms with Gasteiger partial charge in [-0.25, -0.2) is 9.18 Å². The van der Waals surface area contributed by atoms with E-state index < -0.39 is 22.6 Å². The molecule has 4 rings (SSSR count). The quantitative estimate of drug-likeness (QED) is 0.381. The number of nitrogens with one attached hydrogen (secondary N) is 1. The molecule has 2 aromatic carbocycles. The molecule has 1 aliphatic heterocycles. The molecule has 1 heterocycles. The summed E-state index contributed by atoms with van der Waals surface area (Å²) in [5, 5.41) is 15.0. The van der Waals surface area contributed by atoms with E-state index in [0.29, 0.717) is 41.7 Å². The van der Waals surface area contributed by atoms with Crippen LogP contribution in [0.15, 0.2) is 65.0 Å². The van der Waals surface area contributed by atoms with Gasteiger partial charge in [0.2, 0.25) is 0 Å². The third-order valence-electron chi connectivity index (χ3n) is 5.98. The van der Waals surface area contributed by atoms with Crippen molar-refractivity contribution in [3.8, 4) is 5.75 Å². The van der Waals surface area contributed by atoms with Gasteiger partial charge < -0.3 is 14.8 Å². The minimum Gasteiger partial charge on any atom is -0.482 e. The summed E-state index contributed by atoms with van der Waals surface area (Å²) in [7, 11) is 1.25. The van der Waals surface area contributed by atoms with Crippen LogP contribution in [0.25, 0.3) is 0 Å². The van der Waals surface area contributed by atoms with Crippen LogP contribution in [0, 0.1) is 15.9 Å². The Bertz CT molecular complexity index is 1250. The van der Waals surface area contributed by atoms with E-state index in [1.165, 1.54) is 37.4 Å². The van der Waals surface area contributed by atoms with Gasteiger partial charge in [0, 0.05) is 35.4 Å². The molecule has 0 saturated heterocycles. The van der Waals surface area contributed by atoms with Crippen LogP contribution in [-0.4, -0.2) is 23.8 Å². The fourth-order valence-corrected chi connectivity index (χ4v) is 4.46. The van der Waals surface area contributed by atoms with Crippen LogP contribution in [0.5, 0.6) is 5.75 Å². The third kappa shape index (κ3) is 4.41. The highest BCUT2D eigenvalue weighted by molar-refractivity contribution is 6.03. The Morgan fingerprint density at radius 2 is 2.03 bits per heavy atom.